The first-order chi connectivity index (χ1) is 13.3. The quantitative estimate of drug-likeness (QED) is 0.562. The lowest BCUT2D eigenvalue weighted by Crippen LogP contribution is -2.42. The SMILES string of the molecule is COC1CCC(C)(Nc2ncc(C(N)=O)c(N[C@]3(C)CCC[C@H]3CO)n2)CC1. The van der Waals surface area contributed by atoms with Crippen LogP contribution in [0.2, 0.25) is 0 Å². The molecule has 2 aliphatic rings. The summed E-state index contributed by atoms with van der Waals surface area (Å²) in [5.41, 5.74) is 5.37. The summed E-state index contributed by atoms with van der Waals surface area (Å²) in [4.78, 5) is 20.8. The number of carbonyl (C=O) groups excluding carboxylic acids is 1. The molecule has 2 aliphatic carbocycles. The van der Waals surface area contributed by atoms with Crippen LogP contribution in [0.1, 0.15) is 69.2 Å². The lowest BCUT2D eigenvalue weighted by Gasteiger charge is -2.38. The van der Waals surface area contributed by atoms with Gasteiger partial charge in [-0.25, -0.2) is 4.98 Å². The number of primary amides is 1. The van der Waals surface area contributed by atoms with E-state index in [1.54, 1.807) is 7.11 Å². The van der Waals surface area contributed by atoms with Crippen LogP contribution in [0, 0.1) is 5.92 Å². The fourth-order valence-electron chi connectivity index (χ4n) is 4.54. The van der Waals surface area contributed by atoms with Crippen LogP contribution >= 0.6 is 0 Å². The molecule has 1 aromatic heterocycles. The Morgan fingerprint density at radius 3 is 2.61 bits per heavy atom. The molecule has 8 nitrogen and oxygen atoms in total. The van der Waals surface area contributed by atoms with Crippen molar-refractivity contribution >= 4 is 17.7 Å². The second-order valence-corrected chi connectivity index (χ2v) is 8.76. The summed E-state index contributed by atoms with van der Waals surface area (Å²) in [6, 6.07) is 0. The Kier molecular flexibility index (Phi) is 6.09. The van der Waals surface area contributed by atoms with E-state index in [9.17, 15) is 9.90 Å². The maximum atomic E-state index is 11.9. The number of rotatable bonds is 7. The monoisotopic (exact) mass is 391 g/mol. The molecule has 156 valence electrons. The molecule has 5 N–H and O–H groups in total. The van der Waals surface area contributed by atoms with E-state index < -0.39 is 5.91 Å². The van der Waals surface area contributed by atoms with E-state index in [0.717, 1.165) is 44.9 Å². The second-order valence-electron chi connectivity index (χ2n) is 8.76. The Morgan fingerprint density at radius 1 is 1.29 bits per heavy atom. The van der Waals surface area contributed by atoms with Gasteiger partial charge in [-0.1, -0.05) is 6.42 Å². The van der Waals surface area contributed by atoms with Gasteiger partial charge in [-0.2, -0.15) is 4.98 Å². The first-order valence-electron chi connectivity index (χ1n) is 10.2. The van der Waals surface area contributed by atoms with Crippen molar-refractivity contribution < 1.29 is 14.6 Å². The Hall–Kier alpha value is -1.93. The number of amides is 1. The third kappa shape index (κ3) is 4.38. The number of carbonyl (C=O) groups is 1. The third-order valence-electron chi connectivity index (χ3n) is 6.61. The minimum atomic E-state index is -0.567. The minimum absolute atomic E-state index is 0.102. The van der Waals surface area contributed by atoms with Gasteiger partial charge in [0.25, 0.3) is 5.91 Å². The molecule has 0 spiro atoms. The molecular weight excluding hydrogens is 358 g/mol. The summed E-state index contributed by atoms with van der Waals surface area (Å²) < 4.78 is 5.46. The van der Waals surface area contributed by atoms with Gasteiger partial charge < -0.3 is 26.2 Å². The lowest BCUT2D eigenvalue weighted by atomic mass is 9.82. The van der Waals surface area contributed by atoms with Crippen LogP contribution in [-0.2, 0) is 4.74 Å². The molecule has 0 saturated heterocycles. The largest absolute Gasteiger partial charge is 0.396 e. The van der Waals surface area contributed by atoms with Crippen molar-refractivity contribution in [1.82, 2.24) is 9.97 Å². The third-order valence-corrected chi connectivity index (χ3v) is 6.61. The van der Waals surface area contributed by atoms with Crippen molar-refractivity contribution in [2.24, 2.45) is 11.7 Å². The zero-order chi connectivity index (χ0) is 20.4. The highest BCUT2D eigenvalue weighted by Crippen LogP contribution is 2.38. The average molecular weight is 392 g/mol. The molecule has 0 aliphatic heterocycles. The van der Waals surface area contributed by atoms with Gasteiger partial charge in [0.05, 0.1) is 11.7 Å². The fourth-order valence-corrected chi connectivity index (χ4v) is 4.54. The molecule has 8 heteroatoms. The number of ether oxygens (including phenoxy) is 1. The zero-order valence-electron chi connectivity index (χ0n) is 17.1. The normalized spacial score (nSPS) is 32.9. The fraction of sp³-hybridized carbons (Fsp3) is 0.750. The van der Waals surface area contributed by atoms with Crippen molar-refractivity contribution in [3.8, 4) is 0 Å². The van der Waals surface area contributed by atoms with Gasteiger partial charge in [0.1, 0.15) is 5.82 Å². The van der Waals surface area contributed by atoms with Crippen molar-refractivity contribution in [2.75, 3.05) is 24.4 Å². The predicted octanol–water partition coefficient (Wildman–Crippen LogP) is 2.30. The highest BCUT2D eigenvalue weighted by molar-refractivity contribution is 5.97. The second kappa shape index (κ2) is 8.21. The molecule has 0 radical (unpaired) electrons. The number of nitrogens with one attached hydrogen (secondary N) is 2. The number of methoxy groups -OCH3 is 1. The summed E-state index contributed by atoms with van der Waals surface area (Å²) in [6.45, 7) is 4.33. The molecular formula is C20H33N5O3. The summed E-state index contributed by atoms with van der Waals surface area (Å²) >= 11 is 0. The van der Waals surface area contributed by atoms with Crippen molar-refractivity contribution in [3.63, 3.8) is 0 Å². The molecule has 0 unspecified atom stereocenters. The molecule has 2 atom stereocenters. The molecule has 1 aromatic rings. The molecule has 28 heavy (non-hydrogen) atoms. The van der Waals surface area contributed by atoms with Crippen LogP contribution in [-0.4, -0.2) is 51.9 Å². The number of aromatic nitrogens is 2. The number of nitrogens with zero attached hydrogens (tertiary/aromatic N) is 2. The smallest absolute Gasteiger partial charge is 0.254 e. The summed E-state index contributed by atoms with van der Waals surface area (Å²) in [5.74, 6) is 0.458. The van der Waals surface area contributed by atoms with Gasteiger partial charge in [-0.15, -0.1) is 0 Å². The topological polar surface area (TPSA) is 122 Å². The molecule has 0 aromatic carbocycles. The van der Waals surface area contributed by atoms with Gasteiger partial charge in [0, 0.05) is 36.9 Å². The number of aliphatic hydroxyl groups is 1. The van der Waals surface area contributed by atoms with Crippen LogP contribution < -0.4 is 16.4 Å². The van der Waals surface area contributed by atoms with E-state index in [2.05, 4.69) is 34.4 Å². The molecule has 1 amide bonds. The summed E-state index contributed by atoms with van der Waals surface area (Å²) in [5, 5.41) is 16.6. The van der Waals surface area contributed by atoms with E-state index in [0.29, 0.717) is 17.9 Å². The number of aliphatic hydroxyl groups excluding tert-OH is 1. The van der Waals surface area contributed by atoms with E-state index >= 15 is 0 Å². The minimum Gasteiger partial charge on any atom is -0.396 e. The standard InChI is InChI=1S/C20H33N5O3/c1-19(9-6-14(28-3)7-10-19)25-18-22-11-15(16(21)27)17(23-18)24-20(2)8-4-5-13(20)12-26/h11,13-14,26H,4-10,12H2,1-3H3,(H2,21,27)(H2,22,23,24,25)/t13-,14?,19?,20+/m0/s1. The predicted molar refractivity (Wildman–Crippen MR) is 108 cm³/mol. The first kappa shape index (κ1) is 20.8. The van der Waals surface area contributed by atoms with E-state index in [1.807, 2.05) is 0 Å². The Labute approximate surface area is 166 Å². The van der Waals surface area contributed by atoms with Crippen LogP contribution in [0.15, 0.2) is 6.20 Å². The number of hydrogen-bond donors (Lipinski definition) is 4. The highest BCUT2D eigenvalue weighted by Gasteiger charge is 2.39. The van der Waals surface area contributed by atoms with Gasteiger partial charge in [0.2, 0.25) is 5.95 Å². The summed E-state index contributed by atoms with van der Waals surface area (Å²) in [6.07, 6.45) is 8.55. The first-order valence-corrected chi connectivity index (χ1v) is 10.2. The van der Waals surface area contributed by atoms with Gasteiger partial charge in [-0.05, 0) is 52.4 Å². The van der Waals surface area contributed by atoms with Crippen LogP contribution in [0.25, 0.3) is 0 Å². The molecule has 1 heterocycles. The molecule has 2 saturated carbocycles. The van der Waals surface area contributed by atoms with Crippen molar-refractivity contribution in [3.05, 3.63) is 11.8 Å². The number of anilines is 2. The molecule has 0 bridgehead atoms. The maximum Gasteiger partial charge on any atom is 0.254 e. The van der Waals surface area contributed by atoms with E-state index in [1.165, 1.54) is 6.20 Å². The van der Waals surface area contributed by atoms with Crippen molar-refractivity contribution in [2.45, 2.75) is 76.0 Å². The number of nitrogens with two attached hydrogens (primary N) is 1. The molecule has 2 fully saturated rings. The van der Waals surface area contributed by atoms with Crippen LogP contribution in [0.5, 0.6) is 0 Å². The maximum absolute atomic E-state index is 11.9. The molecule has 3 rings (SSSR count). The van der Waals surface area contributed by atoms with Crippen LogP contribution in [0.3, 0.4) is 0 Å². The van der Waals surface area contributed by atoms with Gasteiger partial charge in [0.15, 0.2) is 0 Å². The van der Waals surface area contributed by atoms with Gasteiger partial charge >= 0.3 is 0 Å². The van der Waals surface area contributed by atoms with E-state index in [-0.39, 0.29) is 29.2 Å². The highest BCUT2D eigenvalue weighted by atomic mass is 16.5. The van der Waals surface area contributed by atoms with Crippen LogP contribution in [0.4, 0.5) is 11.8 Å². The Bertz CT molecular complexity index is 705. The summed E-state index contributed by atoms with van der Waals surface area (Å²) in [7, 11) is 1.76. The Morgan fingerprint density at radius 2 is 2.00 bits per heavy atom. The Balaban J connectivity index is 1.81. The number of hydrogen-bond acceptors (Lipinski definition) is 7. The lowest BCUT2D eigenvalue weighted by molar-refractivity contribution is 0.0563. The average Bonchev–Trinajstić information content (AvgIpc) is 3.02. The zero-order valence-corrected chi connectivity index (χ0v) is 17.1. The van der Waals surface area contributed by atoms with E-state index in [4.69, 9.17) is 10.5 Å². The van der Waals surface area contributed by atoms with Gasteiger partial charge in [-0.3, -0.25) is 4.79 Å². The van der Waals surface area contributed by atoms with Crippen molar-refractivity contribution in [1.29, 1.82) is 0 Å².